The summed E-state index contributed by atoms with van der Waals surface area (Å²) in [6.45, 7) is 8.88. The van der Waals surface area contributed by atoms with Crippen LogP contribution in [0.2, 0.25) is 0 Å². The Bertz CT molecular complexity index is 760. The maximum atomic E-state index is 11.5. The van der Waals surface area contributed by atoms with Crippen LogP contribution in [0.25, 0.3) is 0 Å². The van der Waals surface area contributed by atoms with Crippen molar-refractivity contribution in [2.75, 3.05) is 13.2 Å². The van der Waals surface area contributed by atoms with Gasteiger partial charge in [-0.05, 0) is 42.2 Å². The molecule has 2 saturated carbocycles. The molecule has 7 nitrogen and oxygen atoms in total. The smallest absolute Gasteiger partial charge is 0.450 e. The molecular weight excluding hydrogens is 364 g/mol. The Balaban J connectivity index is 1.49. The lowest BCUT2D eigenvalue weighted by molar-refractivity contribution is -0.169. The molecule has 0 aromatic heterocycles. The molecule has 0 bridgehead atoms. The minimum atomic E-state index is -1.38. The van der Waals surface area contributed by atoms with Gasteiger partial charge in [-0.3, -0.25) is 0 Å². The molecule has 28 heavy (non-hydrogen) atoms. The summed E-state index contributed by atoms with van der Waals surface area (Å²) >= 11 is 0. The van der Waals surface area contributed by atoms with Gasteiger partial charge < -0.3 is 29.2 Å². The summed E-state index contributed by atoms with van der Waals surface area (Å²) in [7, 11) is 0. The highest BCUT2D eigenvalue weighted by Crippen LogP contribution is 2.73. The average molecular weight is 392 g/mol. The largest absolute Gasteiger partial charge is 0.506 e. The predicted molar refractivity (Wildman–Crippen MR) is 97.9 cm³/mol. The van der Waals surface area contributed by atoms with Crippen LogP contribution >= 0.6 is 0 Å². The predicted octanol–water partition coefficient (Wildman–Crippen LogP) is 2.43. The van der Waals surface area contributed by atoms with Gasteiger partial charge in [0.05, 0.1) is 25.4 Å². The number of carbonyl (C=O) groups is 1. The third-order valence-electron chi connectivity index (χ3n) is 7.73. The fraction of sp³-hybridized carbons (Fsp3) is 0.762. The first kappa shape index (κ1) is 18.6. The summed E-state index contributed by atoms with van der Waals surface area (Å²) in [6.07, 6.45) is 1.97. The molecule has 7 unspecified atom stereocenters. The van der Waals surface area contributed by atoms with Crippen molar-refractivity contribution in [3.05, 3.63) is 23.8 Å². The molecule has 0 amide bonds. The molecule has 5 rings (SSSR count). The molecule has 2 N–H and O–H groups in total. The topological polar surface area (TPSA) is 101 Å². The minimum Gasteiger partial charge on any atom is -0.450 e. The van der Waals surface area contributed by atoms with Gasteiger partial charge in [-0.25, -0.2) is 4.79 Å². The quantitative estimate of drug-likeness (QED) is 0.421. The van der Waals surface area contributed by atoms with Crippen molar-refractivity contribution in [3.8, 4) is 0 Å². The van der Waals surface area contributed by atoms with E-state index in [0.29, 0.717) is 19.6 Å². The van der Waals surface area contributed by atoms with Crippen LogP contribution in [0.1, 0.15) is 39.5 Å². The van der Waals surface area contributed by atoms with Gasteiger partial charge in [0, 0.05) is 6.42 Å². The lowest BCUT2D eigenvalue weighted by Crippen LogP contribution is -2.67. The lowest BCUT2D eigenvalue weighted by Gasteiger charge is -2.48. The van der Waals surface area contributed by atoms with Gasteiger partial charge in [0.25, 0.3) is 0 Å². The Kier molecular flexibility index (Phi) is 3.86. The third-order valence-corrected chi connectivity index (χ3v) is 7.73. The van der Waals surface area contributed by atoms with E-state index >= 15 is 0 Å². The van der Waals surface area contributed by atoms with E-state index in [9.17, 15) is 15.0 Å². The molecular formula is C21H28O7. The van der Waals surface area contributed by atoms with Gasteiger partial charge in [0.2, 0.25) is 0 Å². The number of hydrogen-bond donors (Lipinski definition) is 2. The number of ether oxygens (including phenoxy) is 4. The number of allylic oxidation sites excluding steroid dienone is 1. The Morgan fingerprint density at radius 3 is 2.79 bits per heavy atom. The minimum absolute atomic E-state index is 0.132. The zero-order valence-corrected chi connectivity index (χ0v) is 16.3. The molecule has 5 aliphatic rings. The molecule has 154 valence electrons. The summed E-state index contributed by atoms with van der Waals surface area (Å²) in [5, 5.41) is 20.7. The van der Waals surface area contributed by atoms with Crippen LogP contribution in [-0.2, 0) is 18.9 Å². The fourth-order valence-corrected chi connectivity index (χ4v) is 6.19. The molecule has 2 aliphatic carbocycles. The first-order valence-corrected chi connectivity index (χ1v) is 10.2. The number of aliphatic hydroxyl groups is 1. The Morgan fingerprint density at radius 1 is 1.32 bits per heavy atom. The van der Waals surface area contributed by atoms with Gasteiger partial charge in [-0.2, -0.15) is 0 Å². The van der Waals surface area contributed by atoms with Crippen molar-refractivity contribution in [1.82, 2.24) is 0 Å². The number of carboxylic acid groups (broad SMARTS) is 1. The van der Waals surface area contributed by atoms with E-state index < -0.39 is 29.1 Å². The van der Waals surface area contributed by atoms with E-state index in [1.807, 2.05) is 19.9 Å². The Hall–Kier alpha value is -1.41. The molecule has 3 aliphatic heterocycles. The summed E-state index contributed by atoms with van der Waals surface area (Å²) in [5.74, 6) is 0.0972. The highest BCUT2D eigenvalue weighted by molar-refractivity contribution is 5.58. The maximum Gasteiger partial charge on any atom is 0.506 e. The molecule has 4 fully saturated rings. The Labute approximate surface area is 164 Å². The van der Waals surface area contributed by atoms with Gasteiger partial charge in [-0.15, -0.1) is 6.58 Å². The van der Waals surface area contributed by atoms with E-state index in [0.717, 1.165) is 19.3 Å². The lowest BCUT2D eigenvalue weighted by atomic mass is 9.58. The molecule has 0 aromatic rings. The van der Waals surface area contributed by atoms with E-state index in [2.05, 4.69) is 6.58 Å². The molecule has 2 saturated heterocycles. The van der Waals surface area contributed by atoms with Crippen molar-refractivity contribution in [2.45, 2.75) is 74.6 Å². The first-order chi connectivity index (χ1) is 13.3. The second kappa shape index (κ2) is 5.81. The molecule has 0 aromatic carbocycles. The highest BCUT2D eigenvalue weighted by atomic mass is 16.7. The van der Waals surface area contributed by atoms with Gasteiger partial charge >= 0.3 is 6.16 Å². The van der Waals surface area contributed by atoms with Crippen molar-refractivity contribution < 1.29 is 34.0 Å². The summed E-state index contributed by atoms with van der Waals surface area (Å²) in [5.41, 5.74) is -0.143. The molecule has 7 heteroatoms. The zero-order valence-electron chi connectivity index (χ0n) is 16.3. The van der Waals surface area contributed by atoms with Crippen LogP contribution in [0, 0.1) is 11.8 Å². The van der Waals surface area contributed by atoms with Crippen LogP contribution in [0.4, 0.5) is 4.79 Å². The van der Waals surface area contributed by atoms with Crippen molar-refractivity contribution in [3.63, 3.8) is 0 Å². The van der Waals surface area contributed by atoms with Crippen LogP contribution in [-0.4, -0.2) is 64.7 Å². The number of epoxide rings is 2. The van der Waals surface area contributed by atoms with Crippen LogP contribution in [0.5, 0.6) is 0 Å². The standard InChI is InChI=1S/C21H28O7/c1-4-5-12-9-25-10-14(12)13-6-15-21(28-15)17(26-18(22)23)19(24,11(2)3)8-16-20(21,7-13)27-16/h4,11,13,15-17,24H,1,5-10H2,2-3H3,(H,22,23). The van der Waals surface area contributed by atoms with E-state index in [-0.39, 0.29) is 24.0 Å². The van der Waals surface area contributed by atoms with Gasteiger partial charge in [-0.1, -0.05) is 19.9 Å². The summed E-state index contributed by atoms with van der Waals surface area (Å²) in [6, 6.07) is 0. The van der Waals surface area contributed by atoms with Gasteiger partial charge in [0.1, 0.15) is 11.2 Å². The molecule has 2 spiro atoms. The second-order valence-corrected chi connectivity index (χ2v) is 9.26. The monoisotopic (exact) mass is 392 g/mol. The summed E-state index contributed by atoms with van der Waals surface area (Å²) < 4.78 is 23.4. The van der Waals surface area contributed by atoms with E-state index in [1.165, 1.54) is 11.1 Å². The molecule has 3 heterocycles. The molecule has 0 radical (unpaired) electrons. The normalized spacial score (nSPS) is 48.6. The fourth-order valence-electron chi connectivity index (χ4n) is 6.19. The van der Waals surface area contributed by atoms with Crippen molar-refractivity contribution in [1.29, 1.82) is 0 Å². The molecule has 7 atom stereocenters. The highest BCUT2D eigenvalue weighted by Gasteiger charge is 2.90. The maximum absolute atomic E-state index is 11.5. The van der Waals surface area contributed by atoms with Gasteiger partial charge in [0.15, 0.2) is 11.7 Å². The van der Waals surface area contributed by atoms with Crippen LogP contribution in [0.3, 0.4) is 0 Å². The Morgan fingerprint density at radius 2 is 2.11 bits per heavy atom. The first-order valence-electron chi connectivity index (χ1n) is 10.2. The number of rotatable bonds is 5. The van der Waals surface area contributed by atoms with Crippen molar-refractivity contribution in [2.24, 2.45) is 11.8 Å². The zero-order chi connectivity index (χ0) is 19.9. The number of hydrogen-bond acceptors (Lipinski definition) is 6. The van der Waals surface area contributed by atoms with Crippen LogP contribution < -0.4 is 0 Å². The van der Waals surface area contributed by atoms with Crippen LogP contribution in [0.15, 0.2) is 23.8 Å². The summed E-state index contributed by atoms with van der Waals surface area (Å²) in [4.78, 5) is 11.5. The van der Waals surface area contributed by atoms with E-state index in [4.69, 9.17) is 18.9 Å². The third kappa shape index (κ3) is 2.22. The SMILES string of the molecule is C=CCC1=C(C2CC3OC34C(OC(=O)O)C(O)(C(C)C)CC3OC34C2)COC1. The van der Waals surface area contributed by atoms with Crippen molar-refractivity contribution >= 4 is 6.16 Å². The van der Waals surface area contributed by atoms with E-state index in [1.54, 1.807) is 0 Å². The second-order valence-electron chi connectivity index (χ2n) is 9.26. The average Bonchev–Trinajstić information content (AvgIpc) is 3.47.